The molecule has 0 aliphatic carbocycles. The second kappa shape index (κ2) is 8.04. The molecule has 1 aromatic carbocycles. The summed E-state index contributed by atoms with van der Waals surface area (Å²) in [5.74, 6) is 0.0128. The van der Waals surface area contributed by atoms with Crippen LogP contribution in [-0.2, 0) is 4.79 Å². The molecule has 126 valence electrons. The Labute approximate surface area is 142 Å². The van der Waals surface area contributed by atoms with E-state index in [4.69, 9.17) is 0 Å². The number of carbonyl (C=O) groups excluding carboxylic acids is 1. The van der Waals surface area contributed by atoms with Crippen LogP contribution in [0.5, 0.6) is 0 Å². The van der Waals surface area contributed by atoms with Crippen molar-refractivity contribution in [1.29, 1.82) is 0 Å². The predicted octanol–water partition coefficient (Wildman–Crippen LogP) is 2.32. The number of hydrazine groups is 1. The first kappa shape index (κ1) is 16.6. The van der Waals surface area contributed by atoms with Crippen molar-refractivity contribution in [3.63, 3.8) is 0 Å². The van der Waals surface area contributed by atoms with Crippen molar-refractivity contribution in [2.45, 2.75) is 44.3 Å². The third-order valence-electron chi connectivity index (χ3n) is 4.37. The Kier molecular flexibility index (Phi) is 5.56. The second-order valence-electron chi connectivity index (χ2n) is 6.20. The molecule has 3 N–H and O–H groups in total. The van der Waals surface area contributed by atoms with Gasteiger partial charge in [0, 0.05) is 18.4 Å². The standard InChI is InChI=1S/C19H24N4O/c1-2-7-16-12-17(23-22-16)19(24)21-18(14-8-4-3-5-9-14)15-10-6-11-20-13-15/h3-6,8-11,13,16-18,22-23H,2,7,12H2,1H3,(H,21,24). The summed E-state index contributed by atoms with van der Waals surface area (Å²) in [6.45, 7) is 2.16. The first-order chi connectivity index (χ1) is 11.8. The summed E-state index contributed by atoms with van der Waals surface area (Å²) >= 11 is 0. The first-order valence-corrected chi connectivity index (χ1v) is 8.54. The number of benzene rings is 1. The molecule has 1 amide bonds. The van der Waals surface area contributed by atoms with Gasteiger partial charge in [0.25, 0.3) is 0 Å². The van der Waals surface area contributed by atoms with Crippen molar-refractivity contribution in [2.75, 3.05) is 0 Å². The monoisotopic (exact) mass is 324 g/mol. The molecule has 0 bridgehead atoms. The molecule has 1 saturated heterocycles. The van der Waals surface area contributed by atoms with Gasteiger partial charge in [-0.25, -0.2) is 5.43 Å². The second-order valence-corrected chi connectivity index (χ2v) is 6.20. The number of amides is 1. The van der Waals surface area contributed by atoms with Crippen LogP contribution in [0.3, 0.4) is 0 Å². The molecular formula is C19H24N4O. The van der Waals surface area contributed by atoms with Gasteiger partial charge >= 0.3 is 0 Å². The topological polar surface area (TPSA) is 66.0 Å². The van der Waals surface area contributed by atoms with Crippen LogP contribution in [-0.4, -0.2) is 23.0 Å². The summed E-state index contributed by atoms with van der Waals surface area (Å²) in [6, 6.07) is 13.8. The lowest BCUT2D eigenvalue weighted by molar-refractivity contribution is -0.123. The summed E-state index contributed by atoms with van der Waals surface area (Å²) in [6.07, 6.45) is 6.54. The van der Waals surface area contributed by atoms with Crippen LogP contribution < -0.4 is 16.2 Å². The largest absolute Gasteiger partial charge is 0.344 e. The first-order valence-electron chi connectivity index (χ1n) is 8.54. The lowest BCUT2D eigenvalue weighted by Crippen LogP contribution is -2.44. The third kappa shape index (κ3) is 3.99. The molecule has 2 aromatic rings. The maximum absolute atomic E-state index is 12.7. The van der Waals surface area contributed by atoms with Gasteiger partial charge in [-0.15, -0.1) is 0 Å². The Morgan fingerprint density at radius 3 is 2.71 bits per heavy atom. The number of aromatic nitrogens is 1. The van der Waals surface area contributed by atoms with E-state index >= 15 is 0 Å². The molecule has 3 unspecified atom stereocenters. The SMILES string of the molecule is CCCC1CC(C(=O)NC(c2ccccc2)c2cccnc2)NN1. The van der Waals surface area contributed by atoms with E-state index in [1.807, 2.05) is 42.5 Å². The molecule has 0 spiro atoms. The van der Waals surface area contributed by atoms with E-state index in [0.29, 0.717) is 6.04 Å². The van der Waals surface area contributed by atoms with Crippen LogP contribution in [0.15, 0.2) is 54.9 Å². The fourth-order valence-electron chi connectivity index (χ4n) is 3.13. The highest BCUT2D eigenvalue weighted by atomic mass is 16.2. The summed E-state index contributed by atoms with van der Waals surface area (Å²) in [5.41, 5.74) is 8.37. The number of carbonyl (C=O) groups is 1. The lowest BCUT2D eigenvalue weighted by atomic mass is 9.99. The van der Waals surface area contributed by atoms with Crippen molar-refractivity contribution in [3.05, 3.63) is 66.0 Å². The zero-order valence-electron chi connectivity index (χ0n) is 13.9. The van der Waals surface area contributed by atoms with Gasteiger partial charge in [0.05, 0.1) is 6.04 Å². The van der Waals surface area contributed by atoms with Crippen molar-refractivity contribution in [2.24, 2.45) is 0 Å². The molecule has 24 heavy (non-hydrogen) atoms. The number of pyridine rings is 1. The smallest absolute Gasteiger partial charge is 0.239 e. The third-order valence-corrected chi connectivity index (χ3v) is 4.37. The van der Waals surface area contributed by atoms with Gasteiger partial charge in [0.1, 0.15) is 6.04 Å². The minimum atomic E-state index is -0.204. The quantitative estimate of drug-likeness (QED) is 0.763. The maximum Gasteiger partial charge on any atom is 0.239 e. The lowest BCUT2D eigenvalue weighted by Gasteiger charge is -2.21. The van der Waals surface area contributed by atoms with Gasteiger partial charge < -0.3 is 5.32 Å². The number of nitrogens with one attached hydrogen (secondary N) is 3. The van der Waals surface area contributed by atoms with E-state index in [1.165, 1.54) is 0 Å². The van der Waals surface area contributed by atoms with E-state index in [-0.39, 0.29) is 18.0 Å². The van der Waals surface area contributed by atoms with Gasteiger partial charge in [-0.05, 0) is 30.0 Å². The molecular weight excluding hydrogens is 300 g/mol. The van der Waals surface area contributed by atoms with E-state index in [0.717, 1.165) is 30.4 Å². The van der Waals surface area contributed by atoms with E-state index in [2.05, 4.69) is 28.1 Å². The molecule has 1 fully saturated rings. The molecule has 1 aliphatic heterocycles. The maximum atomic E-state index is 12.7. The van der Waals surface area contributed by atoms with Crippen LogP contribution >= 0.6 is 0 Å². The van der Waals surface area contributed by atoms with Crippen LogP contribution in [0.4, 0.5) is 0 Å². The molecule has 0 saturated carbocycles. The van der Waals surface area contributed by atoms with Crippen molar-refractivity contribution >= 4 is 5.91 Å². The molecule has 0 radical (unpaired) electrons. The minimum absolute atomic E-state index is 0.0128. The molecule has 1 aromatic heterocycles. The number of hydrogen-bond donors (Lipinski definition) is 3. The predicted molar refractivity (Wildman–Crippen MR) is 94.0 cm³/mol. The minimum Gasteiger partial charge on any atom is -0.344 e. The zero-order valence-corrected chi connectivity index (χ0v) is 13.9. The Hall–Kier alpha value is -2.24. The molecule has 2 heterocycles. The van der Waals surface area contributed by atoms with Crippen molar-refractivity contribution < 1.29 is 4.79 Å². The molecule has 5 heteroatoms. The van der Waals surface area contributed by atoms with Crippen LogP contribution in [0.2, 0.25) is 0 Å². The normalized spacial score (nSPS) is 21.4. The highest BCUT2D eigenvalue weighted by molar-refractivity contribution is 5.82. The fraction of sp³-hybridized carbons (Fsp3) is 0.368. The van der Waals surface area contributed by atoms with Crippen molar-refractivity contribution in [1.82, 2.24) is 21.2 Å². The fourth-order valence-corrected chi connectivity index (χ4v) is 3.13. The highest BCUT2D eigenvalue weighted by Crippen LogP contribution is 2.22. The number of rotatable bonds is 6. The van der Waals surface area contributed by atoms with E-state index < -0.39 is 0 Å². The summed E-state index contributed by atoms with van der Waals surface area (Å²) in [4.78, 5) is 16.9. The Morgan fingerprint density at radius 2 is 2.00 bits per heavy atom. The summed E-state index contributed by atoms with van der Waals surface area (Å²) in [7, 11) is 0. The average Bonchev–Trinajstić information content (AvgIpc) is 3.10. The molecule has 5 nitrogen and oxygen atoms in total. The van der Waals surface area contributed by atoms with Crippen LogP contribution in [0.25, 0.3) is 0 Å². The molecule has 3 rings (SSSR count). The number of hydrogen-bond acceptors (Lipinski definition) is 4. The van der Waals surface area contributed by atoms with E-state index in [9.17, 15) is 4.79 Å². The Balaban J connectivity index is 1.74. The molecule has 1 aliphatic rings. The highest BCUT2D eigenvalue weighted by Gasteiger charge is 2.30. The van der Waals surface area contributed by atoms with Gasteiger partial charge in [-0.1, -0.05) is 49.7 Å². The Bertz CT molecular complexity index is 607. The van der Waals surface area contributed by atoms with Gasteiger partial charge in [0.2, 0.25) is 5.91 Å². The zero-order chi connectivity index (χ0) is 16.8. The number of nitrogens with zero attached hydrogens (tertiary/aromatic N) is 1. The molecule has 3 atom stereocenters. The summed E-state index contributed by atoms with van der Waals surface area (Å²) in [5, 5.41) is 3.17. The van der Waals surface area contributed by atoms with Gasteiger partial charge in [-0.3, -0.25) is 15.2 Å². The van der Waals surface area contributed by atoms with Crippen LogP contribution in [0.1, 0.15) is 43.4 Å². The average molecular weight is 324 g/mol. The van der Waals surface area contributed by atoms with Crippen LogP contribution in [0, 0.1) is 0 Å². The van der Waals surface area contributed by atoms with Crippen molar-refractivity contribution in [3.8, 4) is 0 Å². The van der Waals surface area contributed by atoms with Gasteiger partial charge in [0.15, 0.2) is 0 Å². The van der Waals surface area contributed by atoms with Gasteiger partial charge in [-0.2, -0.15) is 0 Å². The Morgan fingerprint density at radius 1 is 1.21 bits per heavy atom. The summed E-state index contributed by atoms with van der Waals surface area (Å²) < 4.78 is 0. The van der Waals surface area contributed by atoms with E-state index in [1.54, 1.807) is 12.4 Å².